The van der Waals surface area contributed by atoms with Gasteiger partial charge >= 0.3 is 0 Å². The van der Waals surface area contributed by atoms with Gasteiger partial charge < -0.3 is 9.32 Å². The summed E-state index contributed by atoms with van der Waals surface area (Å²) in [7, 11) is 0. The first-order chi connectivity index (χ1) is 9.31. The fourth-order valence-electron chi connectivity index (χ4n) is 3.68. The number of hydrogen-bond donors (Lipinski definition) is 0. The number of likely N-dealkylation sites (tertiary alicyclic amines) is 2. The molecule has 3 rings (SSSR count). The van der Waals surface area contributed by atoms with Crippen LogP contribution in [0.15, 0.2) is 23.0 Å². The van der Waals surface area contributed by atoms with Crippen LogP contribution in [0.1, 0.15) is 43.0 Å². The lowest BCUT2D eigenvalue weighted by atomic mass is 10.0. The summed E-state index contributed by atoms with van der Waals surface area (Å²) in [5.41, 5.74) is 0.688. The Balaban J connectivity index is 1.76. The van der Waals surface area contributed by atoms with Gasteiger partial charge in [0.15, 0.2) is 0 Å². The number of nitrogens with zero attached hydrogens (tertiary/aromatic N) is 2. The molecule has 2 aliphatic heterocycles. The summed E-state index contributed by atoms with van der Waals surface area (Å²) in [4.78, 5) is 17.1. The molecule has 104 valence electrons. The van der Waals surface area contributed by atoms with Crippen LogP contribution < -0.4 is 0 Å². The van der Waals surface area contributed by atoms with Crippen molar-refractivity contribution in [3.63, 3.8) is 0 Å². The zero-order valence-electron chi connectivity index (χ0n) is 11.5. The summed E-state index contributed by atoms with van der Waals surface area (Å²) < 4.78 is 5.04. The second-order valence-corrected chi connectivity index (χ2v) is 5.56. The monoisotopic (exact) mass is 262 g/mol. The average Bonchev–Trinajstić information content (AvgIpc) is 3.16. The maximum atomic E-state index is 12.5. The minimum absolute atomic E-state index is 0.138. The minimum atomic E-state index is 0.138. The number of amides is 1. The predicted molar refractivity (Wildman–Crippen MR) is 73.0 cm³/mol. The number of furan rings is 1. The van der Waals surface area contributed by atoms with Gasteiger partial charge in [-0.25, -0.2) is 0 Å². The Morgan fingerprint density at radius 1 is 1.32 bits per heavy atom. The molecule has 0 saturated carbocycles. The maximum Gasteiger partial charge on any atom is 0.257 e. The van der Waals surface area contributed by atoms with Gasteiger partial charge in [-0.2, -0.15) is 0 Å². The standard InChI is InChI=1S/C15H22N2O2/c1-2-16-8-3-5-13(16)14-6-4-9-17(14)15(18)12-7-10-19-11-12/h7,10-11,13-14H,2-6,8-9H2,1H3/t13-,14-/m1/s1. The summed E-state index contributed by atoms with van der Waals surface area (Å²) >= 11 is 0. The minimum Gasteiger partial charge on any atom is -0.472 e. The normalized spacial score (nSPS) is 28.2. The zero-order chi connectivity index (χ0) is 13.2. The molecular formula is C15H22N2O2. The van der Waals surface area contributed by atoms with Gasteiger partial charge in [0.1, 0.15) is 6.26 Å². The van der Waals surface area contributed by atoms with Crippen LogP contribution in [0.2, 0.25) is 0 Å². The number of carbonyl (C=O) groups is 1. The van der Waals surface area contributed by atoms with E-state index in [2.05, 4.69) is 16.7 Å². The molecule has 0 unspecified atom stereocenters. The van der Waals surface area contributed by atoms with Crippen LogP contribution in [-0.2, 0) is 0 Å². The van der Waals surface area contributed by atoms with E-state index in [0.717, 1.165) is 25.9 Å². The van der Waals surface area contributed by atoms with E-state index in [1.165, 1.54) is 19.4 Å². The molecule has 0 aliphatic carbocycles. The Hall–Kier alpha value is -1.29. The summed E-state index contributed by atoms with van der Waals surface area (Å²) in [6.07, 6.45) is 7.90. The molecular weight excluding hydrogens is 240 g/mol. The molecule has 0 spiro atoms. The van der Waals surface area contributed by atoms with Crippen LogP contribution in [0, 0.1) is 0 Å². The van der Waals surface area contributed by atoms with Crippen LogP contribution in [0.5, 0.6) is 0 Å². The van der Waals surface area contributed by atoms with Gasteiger partial charge in [0, 0.05) is 18.6 Å². The van der Waals surface area contributed by atoms with E-state index < -0.39 is 0 Å². The lowest BCUT2D eigenvalue weighted by Crippen LogP contribution is -2.48. The molecule has 1 amide bonds. The molecule has 0 aromatic carbocycles. The van der Waals surface area contributed by atoms with Gasteiger partial charge in [-0.05, 0) is 44.8 Å². The molecule has 4 nitrogen and oxygen atoms in total. The number of hydrogen-bond acceptors (Lipinski definition) is 3. The van der Waals surface area contributed by atoms with Crippen LogP contribution in [-0.4, -0.2) is 47.4 Å². The quantitative estimate of drug-likeness (QED) is 0.839. The van der Waals surface area contributed by atoms with Gasteiger partial charge in [-0.1, -0.05) is 6.92 Å². The third kappa shape index (κ3) is 2.29. The topological polar surface area (TPSA) is 36.7 Å². The zero-order valence-corrected chi connectivity index (χ0v) is 11.5. The Morgan fingerprint density at radius 2 is 2.11 bits per heavy atom. The van der Waals surface area contributed by atoms with Gasteiger partial charge in [0.05, 0.1) is 11.8 Å². The number of rotatable bonds is 3. The Bertz CT molecular complexity index is 429. The van der Waals surface area contributed by atoms with Crippen molar-refractivity contribution in [3.05, 3.63) is 24.2 Å². The lowest BCUT2D eigenvalue weighted by molar-refractivity contribution is 0.0649. The molecule has 1 aromatic rings. The van der Waals surface area contributed by atoms with Crippen molar-refractivity contribution >= 4 is 5.91 Å². The van der Waals surface area contributed by atoms with Crippen molar-refractivity contribution in [3.8, 4) is 0 Å². The molecule has 0 radical (unpaired) electrons. The highest BCUT2D eigenvalue weighted by molar-refractivity contribution is 5.94. The molecule has 2 aliphatic rings. The summed E-state index contributed by atoms with van der Waals surface area (Å²) in [5, 5.41) is 0. The Morgan fingerprint density at radius 3 is 2.84 bits per heavy atom. The van der Waals surface area contributed by atoms with Crippen molar-refractivity contribution in [2.75, 3.05) is 19.6 Å². The van der Waals surface area contributed by atoms with Gasteiger partial charge in [-0.3, -0.25) is 9.69 Å². The third-order valence-corrected chi connectivity index (χ3v) is 4.59. The predicted octanol–water partition coefficient (Wildman–Crippen LogP) is 2.37. The van der Waals surface area contributed by atoms with E-state index in [1.54, 1.807) is 18.6 Å². The molecule has 2 fully saturated rings. The van der Waals surface area contributed by atoms with Crippen LogP contribution in [0.25, 0.3) is 0 Å². The molecule has 2 saturated heterocycles. The van der Waals surface area contributed by atoms with E-state index >= 15 is 0 Å². The Labute approximate surface area is 114 Å². The fraction of sp³-hybridized carbons (Fsp3) is 0.667. The van der Waals surface area contributed by atoms with E-state index in [0.29, 0.717) is 17.6 Å². The van der Waals surface area contributed by atoms with Crippen molar-refractivity contribution < 1.29 is 9.21 Å². The smallest absolute Gasteiger partial charge is 0.257 e. The van der Waals surface area contributed by atoms with E-state index in [1.807, 2.05) is 0 Å². The van der Waals surface area contributed by atoms with Crippen molar-refractivity contribution in [2.45, 2.75) is 44.7 Å². The van der Waals surface area contributed by atoms with E-state index in [9.17, 15) is 4.79 Å². The van der Waals surface area contributed by atoms with E-state index in [4.69, 9.17) is 4.42 Å². The summed E-state index contributed by atoms with van der Waals surface area (Å²) in [6.45, 7) is 5.39. The average molecular weight is 262 g/mol. The Kier molecular flexibility index (Phi) is 3.60. The maximum absolute atomic E-state index is 12.5. The molecule has 19 heavy (non-hydrogen) atoms. The van der Waals surface area contributed by atoms with E-state index in [-0.39, 0.29) is 5.91 Å². The molecule has 0 N–H and O–H groups in total. The third-order valence-electron chi connectivity index (χ3n) is 4.59. The number of likely N-dealkylation sites (N-methyl/N-ethyl adjacent to an activating group) is 1. The lowest BCUT2D eigenvalue weighted by Gasteiger charge is -2.34. The molecule has 0 bridgehead atoms. The first-order valence-corrected chi connectivity index (χ1v) is 7.38. The van der Waals surface area contributed by atoms with Crippen LogP contribution in [0.4, 0.5) is 0 Å². The molecule has 4 heteroatoms. The summed E-state index contributed by atoms with van der Waals surface area (Å²) in [5.74, 6) is 0.138. The first kappa shape index (κ1) is 12.7. The van der Waals surface area contributed by atoms with Gasteiger partial charge in [0.25, 0.3) is 5.91 Å². The molecule has 2 atom stereocenters. The first-order valence-electron chi connectivity index (χ1n) is 7.38. The SMILES string of the molecule is CCN1CCC[C@@H]1[C@H]1CCCN1C(=O)c1ccoc1. The van der Waals surface area contributed by atoms with Crippen LogP contribution >= 0.6 is 0 Å². The van der Waals surface area contributed by atoms with Crippen LogP contribution in [0.3, 0.4) is 0 Å². The highest BCUT2D eigenvalue weighted by Gasteiger charge is 2.39. The van der Waals surface area contributed by atoms with Crippen molar-refractivity contribution in [2.24, 2.45) is 0 Å². The molecule has 1 aromatic heterocycles. The largest absolute Gasteiger partial charge is 0.472 e. The highest BCUT2D eigenvalue weighted by Crippen LogP contribution is 2.30. The second-order valence-electron chi connectivity index (χ2n) is 5.56. The fourth-order valence-corrected chi connectivity index (χ4v) is 3.68. The van der Waals surface area contributed by atoms with Gasteiger partial charge in [0.2, 0.25) is 0 Å². The highest BCUT2D eigenvalue weighted by atomic mass is 16.3. The number of carbonyl (C=O) groups excluding carboxylic acids is 1. The summed E-state index contributed by atoms with van der Waals surface area (Å²) in [6, 6.07) is 2.72. The van der Waals surface area contributed by atoms with Crippen molar-refractivity contribution in [1.82, 2.24) is 9.80 Å². The second kappa shape index (κ2) is 5.37. The van der Waals surface area contributed by atoms with Crippen molar-refractivity contribution in [1.29, 1.82) is 0 Å². The van der Waals surface area contributed by atoms with Gasteiger partial charge in [-0.15, -0.1) is 0 Å². The molecule has 3 heterocycles.